The number of carboxylic acid groups (broad SMARTS) is 2. The Morgan fingerprint density at radius 3 is 1.47 bits per heavy atom. The van der Waals surface area contributed by atoms with Crippen LogP contribution in [0.5, 0.6) is 0 Å². The summed E-state index contributed by atoms with van der Waals surface area (Å²) in [6, 6.07) is 0. The molecular weight excluding hydrogens is 215 g/mol. The first-order valence-corrected chi connectivity index (χ1v) is 4.16. The van der Waals surface area contributed by atoms with Crippen LogP contribution in [0.15, 0.2) is 0 Å². The summed E-state index contributed by atoms with van der Waals surface area (Å²) in [5.41, 5.74) is 0. The number of aliphatic hydroxyl groups excluding tert-OH is 2. The fourth-order valence-corrected chi connectivity index (χ4v) is 1.06. The second-order valence-electron chi connectivity index (χ2n) is 3.28. The molecule has 0 rings (SSSR count). The predicted octanol–water partition coefficient (Wildman–Crippen LogP) is -1.35. The van der Waals surface area contributed by atoms with Gasteiger partial charge in [0.15, 0.2) is 12.2 Å². The molecule has 15 heavy (non-hydrogen) atoms. The fraction of sp³-hybridized carbons (Fsp3) is 0.750. The molecule has 2 atom stereocenters. The van der Waals surface area contributed by atoms with Crippen LogP contribution in [0, 0.1) is 5.92 Å². The van der Waals surface area contributed by atoms with E-state index in [4.69, 9.17) is 20.4 Å². The maximum atomic E-state index is 10.2. The number of aliphatic hydroxyl groups is 2. The third-order valence-electron chi connectivity index (χ3n) is 1.82. The quantitative estimate of drug-likeness (QED) is 0.419. The van der Waals surface area contributed by atoms with Gasteiger partial charge in [0, 0.05) is 0 Å². The van der Waals surface area contributed by atoms with Crippen molar-refractivity contribution in [1.29, 1.82) is 0 Å². The molecule has 0 radical (unpaired) electrons. The Morgan fingerprint density at radius 2 is 1.27 bits per heavy atom. The molecule has 4 N–H and O–H groups in total. The minimum absolute atomic E-state index is 0. The van der Waals surface area contributed by atoms with Gasteiger partial charge in [0.2, 0.25) is 0 Å². The molecule has 84 valence electrons. The van der Waals surface area contributed by atoms with Crippen molar-refractivity contribution in [1.82, 2.24) is 0 Å². The molecular formula is C8H15NaO6. The summed E-state index contributed by atoms with van der Waals surface area (Å²) < 4.78 is 0. The molecule has 0 aliphatic carbocycles. The fourth-order valence-electron chi connectivity index (χ4n) is 1.06. The Kier molecular flexibility index (Phi) is 9.28. The summed E-state index contributed by atoms with van der Waals surface area (Å²) in [6.07, 6.45) is -3.16. The van der Waals surface area contributed by atoms with Crippen LogP contribution in [-0.4, -0.2) is 74.1 Å². The van der Waals surface area contributed by atoms with Crippen LogP contribution < -0.4 is 0 Å². The van der Waals surface area contributed by atoms with Crippen LogP contribution >= 0.6 is 0 Å². The molecule has 0 aliphatic heterocycles. The van der Waals surface area contributed by atoms with E-state index in [-0.39, 0.29) is 48.3 Å². The molecule has 2 unspecified atom stereocenters. The van der Waals surface area contributed by atoms with Gasteiger partial charge in [-0.25, -0.2) is 9.59 Å². The second-order valence-corrected chi connectivity index (χ2v) is 3.28. The molecule has 0 aromatic heterocycles. The Bertz CT molecular complexity index is 197. The van der Waals surface area contributed by atoms with Crippen LogP contribution in [0.1, 0.15) is 19.8 Å². The second kappa shape index (κ2) is 8.06. The SMILES string of the molecule is CC(CC(O)C(=O)O)CC(O)C(=O)O.[NaH]. The molecule has 0 spiro atoms. The standard InChI is InChI=1S/C8H14O6.Na.H/c1-4(2-5(9)7(11)12)3-6(10)8(13)14;;/h4-6,9-10H,2-3H2,1H3,(H,11,12)(H,13,14);;. The zero-order valence-corrected chi connectivity index (χ0v) is 7.75. The third-order valence-corrected chi connectivity index (χ3v) is 1.82. The van der Waals surface area contributed by atoms with E-state index in [1.54, 1.807) is 6.92 Å². The van der Waals surface area contributed by atoms with Gasteiger partial charge in [-0.15, -0.1) is 0 Å². The normalized spacial score (nSPS) is 15.9. The molecule has 0 fully saturated rings. The average Bonchev–Trinajstić information content (AvgIpc) is 2.03. The van der Waals surface area contributed by atoms with Gasteiger partial charge in [-0.3, -0.25) is 0 Å². The summed E-state index contributed by atoms with van der Waals surface area (Å²) in [6.45, 7) is 1.57. The van der Waals surface area contributed by atoms with E-state index >= 15 is 0 Å². The Morgan fingerprint density at radius 1 is 1.00 bits per heavy atom. The van der Waals surface area contributed by atoms with E-state index in [1.165, 1.54) is 0 Å². The molecule has 0 saturated carbocycles. The van der Waals surface area contributed by atoms with Gasteiger partial charge in [0.1, 0.15) is 0 Å². The summed E-state index contributed by atoms with van der Waals surface area (Å²) in [5, 5.41) is 34.5. The zero-order chi connectivity index (χ0) is 11.3. The molecule has 0 aromatic rings. The zero-order valence-electron chi connectivity index (χ0n) is 7.75. The van der Waals surface area contributed by atoms with Crippen molar-refractivity contribution in [2.24, 2.45) is 5.92 Å². The van der Waals surface area contributed by atoms with E-state index in [0.717, 1.165) is 0 Å². The van der Waals surface area contributed by atoms with Gasteiger partial charge in [0.25, 0.3) is 0 Å². The number of hydrogen-bond donors (Lipinski definition) is 4. The monoisotopic (exact) mass is 230 g/mol. The van der Waals surface area contributed by atoms with Gasteiger partial charge >= 0.3 is 41.5 Å². The van der Waals surface area contributed by atoms with Crippen LogP contribution in [0.2, 0.25) is 0 Å². The van der Waals surface area contributed by atoms with E-state index in [0.29, 0.717) is 0 Å². The van der Waals surface area contributed by atoms with Crippen molar-refractivity contribution in [3.8, 4) is 0 Å². The summed E-state index contributed by atoms with van der Waals surface area (Å²) in [7, 11) is 0. The van der Waals surface area contributed by atoms with Crippen molar-refractivity contribution in [3.63, 3.8) is 0 Å². The molecule has 0 aromatic carbocycles. The van der Waals surface area contributed by atoms with Gasteiger partial charge in [0.05, 0.1) is 0 Å². The summed E-state index contributed by atoms with van der Waals surface area (Å²) in [4.78, 5) is 20.5. The van der Waals surface area contributed by atoms with Gasteiger partial charge in [-0.1, -0.05) is 6.92 Å². The van der Waals surface area contributed by atoms with E-state index in [2.05, 4.69) is 0 Å². The summed E-state index contributed by atoms with van der Waals surface area (Å²) in [5.74, 6) is -3.06. The summed E-state index contributed by atoms with van der Waals surface area (Å²) >= 11 is 0. The van der Waals surface area contributed by atoms with E-state index in [1.807, 2.05) is 0 Å². The first-order valence-electron chi connectivity index (χ1n) is 4.16. The Hall–Kier alpha value is -0.140. The molecule has 6 nitrogen and oxygen atoms in total. The molecule has 0 amide bonds. The Labute approximate surface area is 109 Å². The Balaban J connectivity index is 0. The first-order chi connectivity index (χ1) is 6.34. The third kappa shape index (κ3) is 7.75. The van der Waals surface area contributed by atoms with Crippen molar-refractivity contribution in [3.05, 3.63) is 0 Å². The first kappa shape index (κ1) is 17.3. The number of aliphatic carboxylic acids is 2. The molecule has 0 aliphatic rings. The van der Waals surface area contributed by atoms with Crippen LogP contribution in [0.25, 0.3) is 0 Å². The van der Waals surface area contributed by atoms with Gasteiger partial charge < -0.3 is 20.4 Å². The van der Waals surface area contributed by atoms with E-state index in [9.17, 15) is 9.59 Å². The predicted molar refractivity (Wildman–Crippen MR) is 52.8 cm³/mol. The topological polar surface area (TPSA) is 115 Å². The van der Waals surface area contributed by atoms with Crippen LogP contribution in [-0.2, 0) is 9.59 Å². The maximum absolute atomic E-state index is 10.2. The van der Waals surface area contributed by atoms with Crippen molar-refractivity contribution in [2.75, 3.05) is 0 Å². The van der Waals surface area contributed by atoms with Crippen LogP contribution in [0.3, 0.4) is 0 Å². The number of rotatable bonds is 6. The van der Waals surface area contributed by atoms with Gasteiger partial charge in [-0.05, 0) is 18.8 Å². The molecule has 0 saturated heterocycles. The van der Waals surface area contributed by atoms with Crippen molar-refractivity contribution in [2.45, 2.75) is 32.0 Å². The van der Waals surface area contributed by atoms with Crippen molar-refractivity contribution >= 4 is 41.5 Å². The van der Waals surface area contributed by atoms with Crippen molar-refractivity contribution < 1.29 is 30.0 Å². The van der Waals surface area contributed by atoms with Gasteiger partial charge in [-0.2, -0.15) is 0 Å². The van der Waals surface area contributed by atoms with E-state index < -0.39 is 24.1 Å². The average molecular weight is 230 g/mol. The molecule has 0 bridgehead atoms. The number of hydrogen-bond acceptors (Lipinski definition) is 4. The number of carboxylic acids is 2. The molecule has 0 heterocycles. The molecule has 7 heteroatoms. The number of carbonyl (C=O) groups is 2. The minimum atomic E-state index is -1.51. The van der Waals surface area contributed by atoms with Crippen LogP contribution in [0.4, 0.5) is 0 Å².